The van der Waals surface area contributed by atoms with Gasteiger partial charge in [-0.25, -0.2) is 0 Å². The molecule has 0 saturated heterocycles. The Morgan fingerprint density at radius 1 is 1.28 bits per heavy atom. The Balaban J connectivity index is 1.95. The lowest BCUT2D eigenvalue weighted by Crippen LogP contribution is -2.49. The molecule has 2 aliphatic carbocycles. The van der Waals surface area contributed by atoms with E-state index in [1.165, 1.54) is 20.0 Å². The molecule has 0 aromatic carbocycles. The molecule has 0 amide bonds. The minimum atomic E-state index is -0.187. The van der Waals surface area contributed by atoms with E-state index in [0.29, 0.717) is 17.9 Å². The average molecular weight is 251 g/mol. The summed E-state index contributed by atoms with van der Waals surface area (Å²) in [5.41, 5.74) is 0. The van der Waals surface area contributed by atoms with Crippen molar-refractivity contribution >= 4 is 5.97 Å². The van der Waals surface area contributed by atoms with E-state index in [-0.39, 0.29) is 17.9 Å². The molecule has 3 nitrogen and oxygen atoms in total. The summed E-state index contributed by atoms with van der Waals surface area (Å²) in [5.74, 6) is 2.28. The van der Waals surface area contributed by atoms with Crippen LogP contribution in [0.3, 0.4) is 0 Å². The van der Waals surface area contributed by atoms with E-state index in [4.69, 9.17) is 4.74 Å². The zero-order chi connectivity index (χ0) is 13.3. The van der Waals surface area contributed by atoms with E-state index in [9.17, 15) is 4.79 Å². The Morgan fingerprint density at radius 2 is 2.00 bits per heavy atom. The molecule has 18 heavy (non-hydrogen) atoms. The second-order valence-electron chi connectivity index (χ2n) is 6.14. The van der Waals surface area contributed by atoms with Crippen LogP contribution in [0.25, 0.3) is 0 Å². The molecule has 4 unspecified atom stereocenters. The number of nitrogens with one attached hydrogen (secondary N) is 1. The van der Waals surface area contributed by atoms with Crippen LogP contribution in [-0.4, -0.2) is 25.2 Å². The highest BCUT2D eigenvalue weighted by Gasteiger charge is 2.39. The summed E-state index contributed by atoms with van der Waals surface area (Å²) in [6, 6.07) is 0.185. The van der Waals surface area contributed by atoms with Crippen molar-refractivity contribution in [2.24, 2.45) is 23.7 Å². The van der Waals surface area contributed by atoms with Gasteiger partial charge in [-0.2, -0.15) is 0 Å². The number of carbonyl (C=O) groups is 1. The van der Waals surface area contributed by atoms with Gasteiger partial charge in [-0.05, 0) is 43.4 Å². The van der Waals surface area contributed by atoms with E-state index >= 15 is 0 Å². The minimum absolute atomic E-state index is 0.143. The quantitative estimate of drug-likeness (QED) is 0.602. The monoisotopic (exact) mass is 251 g/mol. The third-order valence-electron chi connectivity index (χ3n) is 4.54. The first kappa shape index (κ1) is 13.6. The number of ether oxygens (including phenoxy) is 1. The van der Waals surface area contributed by atoms with Gasteiger partial charge in [0.1, 0.15) is 6.04 Å². The number of hydrogen-bond acceptors (Lipinski definition) is 3. The summed E-state index contributed by atoms with van der Waals surface area (Å²) >= 11 is 0. The predicted octanol–water partition coefficient (Wildman–Crippen LogP) is 2.37. The standard InChI is InChI=1S/C15H25NO2/c1-9(2)14(15(17)18-4)16-10(3)13-8-11-5-6-12(13)7-11/h5-6,9-14,16H,7-8H2,1-4H3/t10?,11?,12?,13?,14-/m1/s1. The van der Waals surface area contributed by atoms with Crippen LogP contribution in [0.15, 0.2) is 12.2 Å². The Kier molecular flexibility index (Phi) is 4.10. The third-order valence-corrected chi connectivity index (χ3v) is 4.54. The zero-order valence-corrected chi connectivity index (χ0v) is 11.8. The molecule has 0 heterocycles. The fraction of sp³-hybridized carbons (Fsp3) is 0.800. The molecule has 2 bridgehead atoms. The molecule has 3 heteroatoms. The van der Waals surface area contributed by atoms with Crippen LogP contribution in [0.1, 0.15) is 33.6 Å². The van der Waals surface area contributed by atoms with Gasteiger partial charge in [-0.3, -0.25) is 4.79 Å². The maximum absolute atomic E-state index is 11.8. The smallest absolute Gasteiger partial charge is 0.323 e. The van der Waals surface area contributed by atoms with E-state index < -0.39 is 0 Å². The number of methoxy groups -OCH3 is 1. The van der Waals surface area contributed by atoms with Crippen molar-refractivity contribution in [2.45, 2.75) is 45.7 Å². The van der Waals surface area contributed by atoms with Crippen molar-refractivity contribution in [3.8, 4) is 0 Å². The van der Waals surface area contributed by atoms with Crippen LogP contribution < -0.4 is 5.32 Å². The fourth-order valence-electron chi connectivity index (χ4n) is 3.46. The van der Waals surface area contributed by atoms with Gasteiger partial charge in [0.25, 0.3) is 0 Å². The Morgan fingerprint density at radius 3 is 2.44 bits per heavy atom. The van der Waals surface area contributed by atoms with Gasteiger partial charge in [0.2, 0.25) is 0 Å². The highest BCUT2D eigenvalue weighted by molar-refractivity contribution is 5.75. The van der Waals surface area contributed by atoms with Gasteiger partial charge in [-0.1, -0.05) is 26.0 Å². The molecule has 5 atom stereocenters. The molecule has 0 aromatic heterocycles. The zero-order valence-electron chi connectivity index (χ0n) is 11.8. The van der Waals surface area contributed by atoms with Crippen LogP contribution >= 0.6 is 0 Å². The van der Waals surface area contributed by atoms with Crippen molar-refractivity contribution in [2.75, 3.05) is 7.11 Å². The summed E-state index contributed by atoms with van der Waals surface area (Å²) in [6.45, 7) is 6.32. The van der Waals surface area contributed by atoms with Gasteiger partial charge in [0.15, 0.2) is 0 Å². The van der Waals surface area contributed by atoms with Crippen molar-refractivity contribution in [3.05, 3.63) is 12.2 Å². The van der Waals surface area contributed by atoms with Gasteiger partial charge >= 0.3 is 5.97 Å². The molecule has 2 aliphatic rings. The van der Waals surface area contributed by atoms with Crippen molar-refractivity contribution in [3.63, 3.8) is 0 Å². The number of fused-ring (bicyclic) bond motifs is 2. The Bertz CT molecular complexity index is 337. The lowest BCUT2D eigenvalue weighted by atomic mass is 9.86. The number of carbonyl (C=O) groups excluding carboxylic acids is 1. The number of rotatable bonds is 5. The first-order valence-corrected chi connectivity index (χ1v) is 7.05. The highest BCUT2D eigenvalue weighted by atomic mass is 16.5. The highest BCUT2D eigenvalue weighted by Crippen LogP contribution is 2.44. The van der Waals surface area contributed by atoms with Gasteiger partial charge in [-0.15, -0.1) is 0 Å². The molecule has 1 N–H and O–H groups in total. The first-order valence-electron chi connectivity index (χ1n) is 7.05. The topological polar surface area (TPSA) is 38.3 Å². The van der Waals surface area contributed by atoms with Gasteiger partial charge in [0.05, 0.1) is 7.11 Å². The number of esters is 1. The molecular weight excluding hydrogens is 226 g/mol. The van der Waals surface area contributed by atoms with Crippen LogP contribution in [-0.2, 0) is 9.53 Å². The lowest BCUT2D eigenvalue weighted by molar-refractivity contribution is -0.144. The third kappa shape index (κ3) is 2.61. The molecule has 102 valence electrons. The lowest BCUT2D eigenvalue weighted by Gasteiger charge is -2.31. The molecule has 0 aliphatic heterocycles. The molecule has 1 saturated carbocycles. The van der Waals surface area contributed by atoms with E-state index in [1.54, 1.807) is 0 Å². The molecule has 0 radical (unpaired) electrons. The van der Waals surface area contributed by atoms with E-state index in [0.717, 1.165) is 5.92 Å². The number of hydrogen-bond donors (Lipinski definition) is 1. The molecule has 2 rings (SSSR count). The first-order chi connectivity index (χ1) is 8.52. The Hall–Kier alpha value is -0.830. The predicted molar refractivity (Wildman–Crippen MR) is 72.1 cm³/mol. The van der Waals surface area contributed by atoms with E-state index in [2.05, 4.69) is 38.2 Å². The van der Waals surface area contributed by atoms with Gasteiger partial charge in [0, 0.05) is 6.04 Å². The molecular formula is C15H25NO2. The average Bonchev–Trinajstić information content (AvgIpc) is 2.96. The maximum atomic E-state index is 11.8. The molecule has 1 fully saturated rings. The van der Waals surface area contributed by atoms with Crippen molar-refractivity contribution in [1.82, 2.24) is 5.32 Å². The largest absolute Gasteiger partial charge is 0.468 e. The number of allylic oxidation sites excluding steroid dienone is 2. The SMILES string of the molecule is COC(=O)[C@H](NC(C)C1CC2C=CC1C2)C(C)C. The van der Waals surface area contributed by atoms with Crippen molar-refractivity contribution < 1.29 is 9.53 Å². The minimum Gasteiger partial charge on any atom is -0.468 e. The van der Waals surface area contributed by atoms with Crippen LogP contribution in [0.4, 0.5) is 0 Å². The summed E-state index contributed by atoms with van der Waals surface area (Å²) in [7, 11) is 1.46. The summed E-state index contributed by atoms with van der Waals surface area (Å²) in [4.78, 5) is 11.8. The summed E-state index contributed by atoms with van der Waals surface area (Å²) < 4.78 is 4.88. The van der Waals surface area contributed by atoms with Crippen LogP contribution in [0.2, 0.25) is 0 Å². The summed E-state index contributed by atoms with van der Waals surface area (Å²) in [6.07, 6.45) is 7.29. The Labute approximate surface area is 110 Å². The van der Waals surface area contributed by atoms with Gasteiger partial charge < -0.3 is 10.1 Å². The second-order valence-corrected chi connectivity index (χ2v) is 6.14. The maximum Gasteiger partial charge on any atom is 0.323 e. The fourth-order valence-corrected chi connectivity index (χ4v) is 3.46. The molecule has 0 spiro atoms. The van der Waals surface area contributed by atoms with E-state index in [1.807, 2.05) is 0 Å². The second kappa shape index (κ2) is 5.43. The molecule has 0 aromatic rings. The normalized spacial score (nSPS) is 32.8. The van der Waals surface area contributed by atoms with Crippen LogP contribution in [0, 0.1) is 23.7 Å². The summed E-state index contributed by atoms with van der Waals surface area (Å²) in [5, 5.41) is 3.49. The van der Waals surface area contributed by atoms with Crippen molar-refractivity contribution in [1.29, 1.82) is 0 Å². The van der Waals surface area contributed by atoms with Crippen LogP contribution in [0.5, 0.6) is 0 Å².